The van der Waals surface area contributed by atoms with Crippen molar-refractivity contribution in [2.24, 2.45) is 11.8 Å². The van der Waals surface area contributed by atoms with Crippen LogP contribution in [0.4, 0.5) is 0 Å². The number of aromatic nitrogens is 2. The van der Waals surface area contributed by atoms with Gasteiger partial charge in [-0.2, -0.15) is 0 Å². The van der Waals surface area contributed by atoms with E-state index in [9.17, 15) is 4.79 Å². The van der Waals surface area contributed by atoms with Gasteiger partial charge >= 0.3 is 0 Å². The summed E-state index contributed by atoms with van der Waals surface area (Å²) in [5.74, 6) is 1.25. The molecule has 1 amide bonds. The Morgan fingerprint density at radius 1 is 1.24 bits per heavy atom. The number of hydrogen-bond acceptors (Lipinski definition) is 2. The standard InChI is InChI=1S/C17H23N3O/c1-11-5-6-20-15(8-11)18-14(4)16(20)17(21)19-9-12(2)7-13(3)10-19/h5-6,8,12-13H,7,9-10H2,1-4H3. The first-order valence-corrected chi connectivity index (χ1v) is 7.70. The fourth-order valence-electron chi connectivity index (χ4n) is 3.50. The van der Waals surface area contributed by atoms with Crippen molar-refractivity contribution in [2.45, 2.75) is 34.1 Å². The lowest BCUT2D eigenvalue weighted by Gasteiger charge is -2.35. The second-order valence-electron chi connectivity index (χ2n) is 6.63. The van der Waals surface area contributed by atoms with E-state index in [0.717, 1.165) is 30.0 Å². The molecule has 2 unspecified atom stereocenters. The number of pyridine rings is 1. The fraction of sp³-hybridized carbons (Fsp3) is 0.529. The smallest absolute Gasteiger partial charge is 0.272 e. The lowest BCUT2D eigenvalue weighted by atomic mass is 9.91. The van der Waals surface area contributed by atoms with Gasteiger partial charge in [0, 0.05) is 19.3 Å². The van der Waals surface area contributed by atoms with Crippen molar-refractivity contribution < 1.29 is 4.79 Å². The van der Waals surface area contributed by atoms with Gasteiger partial charge in [-0.1, -0.05) is 13.8 Å². The monoisotopic (exact) mass is 285 g/mol. The summed E-state index contributed by atoms with van der Waals surface area (Å²) in [6.45, 7) is 10.1. The molecule has 1 aliphatic heterocycles. The van der Waals surface area contributed by atoms with E-state index in [0.29, 0.717) is 17.5 Å². The quantitative estimate of drug-likeness (QED) is 0.807. The van der Waals surface area contributed by atoms with E-state index in [-0.39, 0.29) is 5.91 Å². The topological polar surface area (TPSA) is 37.6 Å². The maximum Gasteiger partial charge on any atom is 0.272 e. The number of piperidine rings is 1. The number of likely N-dealkylation sites (tertiary alicyclic amines) is 1. The molecule has 1 saturated heterocycles. The molecule has 2 aromatic rings. The van der Waals surface area contributed by atoms with E-state index in [1.165, 1.54) is 6.42 Å². The minimum atomic E-state index is 0.113. The van der Waals surface area contributed by atoms with Crippen LogP contribution in [0.25, 0.3) is 5.65 Å². The summed E-state index contributed by atoms with van der Waals surface area (Å²) in [7, 11) is 0. The molecule has 0 spiro atoms. The summed E-state index contributed by atoms with van der Waals surface area (Å²) in [5.41, 5.74) is 3.54. The molecule has 0 bridgehead atoms. The predicted molar refractivity (Wildman–Crippen MR) is 83.5 cm³/mol. The summed E-state index contributed by atoms with van der Waals surface area (Å²) in [5, 5.41) is 0. The Hall–Kier alpha value is -1.84. The molecule has 112 valence electrons. The van der Waals surface area contributed by atoms with Gasteiger partial charge in [0.1, 0.15) is 11.3 Å². The van der Waals surface area contributed by atoms with Crippen LogP contribution in [0.2, 0.25) is 0 Å². The van der Waals surface area contributed by atoms with E-state index in [1.807, 2.05) is 41.5 Å². The number of carbonyl (C=O) groups excluding carboxylic acids is 1. The molecule has 2 aromatic heterocycles. The third-order valence-electron chi connectivity index (χ3n) is 4.31. The molecular formula is C17H23N3O. The highest BCUT2D eigenvalue weighted by molar-refractivity contribution is 5.94. The molecule has 4 nitrogen and oxygen atoms in total. The summed E-state index contributed by atoms with van der Waals surface area (Å²) >= 11 is 0. The zero-order valence-electron chi connectivity index (χ0n) is 13.3. The van der Waals surface area contributed by atoms with Crippen molar-refractivity contribution in [2.75, 3.05) is 13.1 Å². The summed E-state index contributed by atoms with van der Waals surface area (Å²) in [6, 6.07) is 4.04. The van der Waals surface area contributed by atoms with Crippen molar-refractivity contribution in [1.82, 2.24) is 14.3 Å². The minimum absolute atomic E-state index is 0.113. The maximum absolute atomic E-state index is 12.9. The van der Waals surface area contributed by atoms with Crippen LogP contribution in [0.5, 0.6) is 0 Å². The third kappa shape index (κ3) is 2.55. The molecule has 0 radical (unpaired) electrons. The number of nitrogens with zero attached hydrogens (tertiary/aromatic N) is 3. The number of imidazole rings is 1. The molecule has 0 aromatic carbocycles. The van der Waals surface area contributed by atoms with Crippen LogP contribution < -0.4 is 0 Å². The maximum atomic E-state index is 12.9. The van der Waals surface area contributed by atoms with Gasteiger partial charge in [-0.05, 0) is 49.8 Å². The molecule has 3 rings (SSSR count). The average molecular weight is 285 g/mol. The number of aryl methyl sites for hydroxylation is 2. The second kappa shape index (κ2) is 5.17. The van der Waals surface area contributed by atoms with E-state index < -0.39 is 0 Å². The molecule has 4 heteroatoms. The number of rotatable bonds is 1. The van der Waals surface area contributed by atoms with Crippen molar-refractivity contribution in [3.63, 3.8) is 0 Å². The highest BCUT2D eigenvalue weighted by atomic mass is 16.2. The SMILES string of the molecule is Cc1ccn2c(C(=O)N3CC(C)CC(C)C3)c(C)nc2c1. The third-order valence-corrected chi connectivity index (χ3v) is 4.31. The number of carbonyl (C=O) groups is 1. The first kappa shape index (κ1) is 14.1. The molecule has 0 saturated carbocycles. The van der Waals surface area contributed by atoms with Crippen LogP contribution in [-0.2, 0) is 0 Å². The number of fused-ring (bicyclic) bond motifs is 1. The van der Waals surface area contributed by atoms with Gasteiger partial charge in [-0.15, -0.1) is 0 Å². The Morgan fingerprint density at radius 3 is 2.57 bits per heavy atom. The van der Waals surface area contributed by atoms with E-state index in [2.05, 4.69) is 18.8 Å². The first-order valence-electron chi connectivity index (χ1n) is 7.70. The van der Waals surface area contributed by atoms with Gasteiger partial charge in [-0.25, -0.2) is 4.98 Å². The Balaban J connectivity index is 1.99. The van der Waals surface area contributed by atoms with Gasteiger partial charge in [0.25, 0.3) is 5.91 Å². The molecular weight excluding hydrogens is 262 g/mol. The van der Waals surface area contributed by atoms with Gasteiger partial charge in [0.15, 0.2) is 0 Å². The van der Waals surface area contributed by atoms with Crippen LogP contribution >= 0.6 is 0 Å². The van der Waals surface area contributed by atoms with Crippen molar-refractivity contribution >= 4 is 11.6 Å². The Labute approximate surface area is 125 Å². The molecule has 1 aliphatic rings. The lowest BCUT2D eigenvalue weighted by Crippen LogP contribution is -2.43. The van der Waals surface area contributed by atoms with E-state index in [1.54, 1.807) is 0 Å². The Bertz CT molecular complexity index is 679. The van der Waals surface area contributed by atoms with E-state index >= 15 is 0 Å². The lowest BCUT2D eigenvalue weighted by molar-refractivity contribution is 0.0615. The number of hydrogen-bond donors (Lipinski definition) is 0. The van der Waals surface area contributed by atoms with Crippen LogP contribution in [0.1, 0.15) is 42.0 Å². The van der Waals surface area contributed by atoms with Gasteiger partial charge < -0.3 is 4.90 Å². The minimum Gasteiger partial charge on any atom is -0.337 e. The average Bonchev–Trinajstić information content (AvgIpc) is 2.71. The molecule has 21 heavy (non-hydrogen) atoms. The van der Waals surface area contributed by atoms with Crippen LogP contribution in [0.3, 0.4) is 0 Å². The van der Waals surface area contributed by atoms with Gasteiger partial charge in [-0.3, -0.25) is 9.20 Å². The van der Waals surface area contributed by atoms with Crippen LogP contribution in [0, 0.1) is 25.7 Å². The Morgan fingerprint density at radius 2 is 1.90 bits per heavy atom. The number of amides is 1. The van der Waals surface area contributed by atoms with Gasteiger partial charge in [0.2, 0.25) is 0 Å². The summed E-state index contributed by atoms with van der Waals surface area (Å²) in [4.78, 5) is 19.5. The van der Waals surface area contributed by atoms with Crippen molar-refractivity contribution in [1.29, 1.82) is 0 Å². The molecule has 1 fully saturated rings. The van der Waals surface area contributed by atoms with E-state index in [4.69, 9.17) is 0 Å². The zero-order valence-corrected chi connectivity index (χ0v) is 13.3. The molecule has 0 N–H and O–H groups in total. The fourth-order valence-corrected chi connectivity index (χ4v) is 3.50. The summed E-state index contributed by atoms with van der Waals surface area (Å²) in [6.07, 6.45) is 3.16. The normalized spacial score (nSPS) is 22.8. The highest BCUT2D eigenvalue weighted by Gasteiger charge is 2.28. The van der Waals surface area contributed by atoms with Crippen LogP contribution in [-0.4, -0.2) is 33.3 Å². The largest absolute Gasteiger partial charge is 0.337 e. The van der Waals surface area contributed by atoms with Gasteiger partial charge in [0.05, 0.1) is 5.69 Å². The molecule has 2 atom stereocenters. The summed E-state index contributed by atoms with van der Waals surface area (Å²) < 4.78 is 1.93. The van der Waals surface area contributed by atoms with Crippen LogP contribution in [0.15, 0.2) is 18.3 Å². The zero-order chi connectivity index (χ0) is 15.1. The Kier molecular flexibility index (Phi) is 3.47. The second-order valence-corrected chi connectivity index (χ2v) is 6.63. The highest BCUT2D eigenvalue weighted by Crippen LogP contribution is 2.24. The molecule has 0 aliphatic carbocycles. The predicted octanol–water partition coefficient (Wildman–Crippen LogP) is 3.07. The first-order chi connectivity index (χ1) is 9.95. The molecule has 3 heterocycles. The van der Waals surface area contributed by atoms with Crippen molar-refractivity contribution in [3.05, 3.63) is 35.3 Å². The van der Waals surface area contributed by atoms with Crippen molar-refractivity contribution in [3.8, 4) is 0 Å².